The Balaban J connectivity index is 2.91. The van der Waals surface area contributed by atoms with Crippen LogP contribution in [0.4, 0.5) is 0 Å². The van der Waals surface area contributed by atoms with E-state index in [1.54, 1.807) is 12.4 Å². The second-order valence-corrected chi connectivity index (χ2v) is 2.93. The zero-order chi connectivity index (χ0) is 9.03. The molecule has 0 aromatic heterocycles. The van der Waals surface area contributed by atoms with Crippen LogP contribution >= 0.6 is 0 Å². The third-order valence-electron chi connectivity index (χ3n) is 1.75. The second kappa shape index (κ2) is 3.39. The summed E-state index contributed by atoms with van der Waals surface area (Å²) in [6.07, 6.45) is 9.58. The topological polar surface area (TPSA) is 24.4 Å². The van der Waals surface area contributed by atoms with Crippen LogP contribution in [0.3, 0.4) is 0 Å². The van der Waals surface area contributed by atoms with Crippen molar-refractivity contribution in [2.75, 3.05) is 0 Å². The monoisotopic (exact) mass is 162 g/mol. The van der Waals surface area contributed by atoms with E-state index in [9.17, 15) is 0 Å². The smallest absolute Gasteiger partial charge is 0.0980 e. The number of nitrogens with zero attached hydrogens (tertiary/aromatic N) is 1. The van der Waals surface area contributed by atoms with Crippen molar-refractivity contribution in [3.8, 4) is 0 Å². The molecule has 0 spiro atoms. The van der Waals surface area contributed by atoms with Gasteiger partial charge in [-0.1, -0.05) is 18.7 Å². The van der Waals surface area contributed by atoms with Crippen molar-refractivity contribution >= 4 is 6.34 Å². The highest BCUT2D eigenvalue weighted by Gasteiger charge is 2.17. The number of hydrogen-bond donors (Lipinski definition) is 1. The largest absolute Gasteiger partial charge is 0.347 e. The Morgan fingerprint density at radius 3 is 3.00 bits per heavy atom. The highest BCUT2D eigenvalue weighted by atomic mass is 15.0. The van der Waals surface area contributed by atoms with E-state index in [0.717, 1.165) is 5.70 Å². The Kier molecular flexibility index (Phi) is 2.48. The molecular weight excluding hydrogens is 148 g/mol. The van der Waals surface area contributed by atoms with Gasteiger partial charge in [0.25, 0.3) is 0 Å². The molecule has 0 radical (unpaired) electrons. The Bertz CT molecular complexity index is 257. The van der Waals surface area contributed by atoms with Gasteiger partial charge in [-0.2, -0.15) is 0 Å². The Morgan fingerprint density at radius 2 is 2.42 bits per heavy atom. The normalized spacial score (nSPS) is 28.3. The van der Waals surface area contributed by atoms with Gasteiger partial charge >= 0.3 is 0 Å². The molecule has 1 aliphatic heterocycles. The first-order valence-electron chi connectivity index (χ1n) is 3.99. The molecular formula is C10H14N2. The van der Waals surface area contributed by atoms with Gasteiger partial charge < -0.3 is 5.32 Å². The van der Waals surface area contributed by atoms with Crippen LogP contribution in [0.15, 0.2) is 41.6 Å². The molecule has 0 saturated heterocycles. The van der Waals surface area contributed by atoms with Crippen molar-refractivity contribution in [2.24, 2.45) is 4.99 Å². The van der Waals surface area contributed by atoms with E-state index in [4.69, 9.17) is 0 Å². The number of nitrogens with one attached hydrogen (secondary N) is 1. The predicted octanol–water partition coefficient (Wildman–Crippen LogP) is 2.02. The number of allylic oxidation sites excluding steroid dienone is 2. The van der Waals surface area contributed by atoms with Crippen LogP contribution in [0.2, 0.25) is 0 Å². The van der Waals surface area contributed by atoms with Crippen LogP contribution in [0, 0.1) is 0 Å². The molecule has 0 fully saturated rings. The Hall–Kier alpha value is -1.31. The zero-order valence-corrected chi connectivity index (χ0v) is 7.54. The maximum atomic E-state index is 4.30. The van der Waals surface area contributed by atoms with Crippen molar-refractivity contribution in [3.63, 3.8) is 0 Å². The van der Waals surface area contributed by atoms with Crippen molar-refractivity contribution in [1.82, 2.24) is 5.32 Å². The van der Waals surface area contributed by atoms with E-state index in [-0.39, 0.29) is 5.54 Å². The van der Waals surface area contributed by atoms with Gasteiger partial charge in [-0.05, 0) is 26.0 Å². The van der Waals surface area contributed by atoms with E-state index in [2.05, 4.69) is 16.9 Å². The summed E-state index contributed by atoms with van der Waals surface area (Å²) in [7, 11) is 0. The van der Waals surface area contributed by atoms with Crippen LogP contribution in [0.25, 0.3) is 0 Å². The molecule has 0 aromatic carbocycles. The van der Waals surface area contributed by atoms with E-state index >= 15 is 0 Å². The van der Waals surface area contributed by atoms with E-state index < -0.39 is 0 Å². The lowest BCUT2D eigenvalue weighted by atomic mass is 10.00. The van der Waals surface area contributed by atoms with Crippen LogP contribution < -0.4 is 5.32 Å². The van der Waals surface area contributed by atoms with Crippen LogP contribution in [0.5, 0.6) is 0 Å². The molecule has 0 aromatic rings. The maximum Gasteiger partial charge on any atom is 0.0980 e. The predicted molar refractivity (Wildman–Crippen MR) is 53.1 cm³/mol. The highest BCUT2D eigenvalue weighted by molar-refractivity contribution is 5.63. The maximum absolute atomic E-state index is 4.30. The molecule has 1 unspecified atom stereocenters. The quantitative estimate of drug-likeness (QED) is 0.617. The average Bonchev–Trinajstić information content (AvgIpc) is 2.04. The minimum Gasteiger partial charge on any atom is -0.347 e. The summed E-state index contributed by atoms with van der Waals surface area (Å²) in [4.78, 5) is 4.30. The van der Waals surface area contributed by atoms with Gasteiger partial charge in [0, 0.05) is 5.70 Å². The van der Waals surface area contributed by atoms with Crippen LogP contribution in [-0.2, 0) is 0 Å². The van der Waals surface area contributed by atoms with Gasteiger partial charge in [-0.3, -0.25) is 4.99 Å². The minimum absolute atomic E-state index is 0.205. The van der Waals surface area contributed by atoms with Crippen molar-refractivity contribution in [3.05, 3.63) is 36.6 Å². The van der Waals surface area contributed by atoms with Gasteiger partial charge in [0.15, 0.2) is 0 Å². The van der Waals surface area contributed by atoms with Gasteiger partial charge in [0.1, 0.15) is 0 Å². The van der Waals surface area contributed by atoms with Gasteiger partial charge in [-0.25, -0.2) is 0 Å². The summed E-state index contributed by atoms with van der Waals surface area (Å²) in [5.74, 6) is 0. The molecule has 0 aliphatic carbocycles. The summed E-state index contributed by atoms with van der Waals surface area (Å²) >= 11 is 0. The van der Waals surface area contributed by atoms with Crippen LogP contribution in [0.1, 0.15) is 13.8 Å². The molecule has 64 valence electrons. The lowest BCUT2D eigenvalue weighted by molar-refractivity contribution is 0.714. The highest BCUT2D eigenvalue weighted by Crippen LogP contribution is 2.18. The van der Waals surface area contributed by atoms with Crippen molar-refractivity contribution in [2.45, 2.75) is 19.4 Å². The first kappa shape index (κ1) is 8.78. The van der Waals surface area contributed by atoms with Gasteiger partial charge in [0.2, 0.25) is 0 Å². The third-order valence-corrected chi connectivity index (χ3v) is 1.75. The molecule has 0 saturated carbocycles. The van der Waals surface area contributed by atoms with E-state index in [0.29, 0.717) is 0 Å². The fourth-order valence-corrected chi connectivity index (χ4v) is 1.19. The zero-order valence-electron chi connectivity index (χ0n) is 7.54. The average molecular weight is 162 g/mol. The summed E-state index contributed by atoms with van der Waals surface area (Å²) in [5, 5.41) is 3.00. The summed E-state index contributed by atoms with van der Waals surface area (Å²) < 4.78 is 0. The molecule has 1 heterocycles. The third kappa shape index (κ3) is 1.84. The lowest BCUT2D eigenvalue weighted by Gasteiger charge is -2.21. The standard InChI is InChI=1S/C10H14N2/c1-4-6-10(3)7-9(5-2)11-8-12-10/h4-8H,2H2,1,3H3,(H,11,12)/b6-4-. The second-order valence-electron chi connectivity index (χ2n) is 2.93. The number of aliphatic imine (C=N–C) groups is 1. The van der Waals surface area contributed by atoms with E-state index in [1.807, 2.05) is 32.1 Å². The first-order valence-corrected chi connectivity index (χ1v) is 3.99. The molecule has 1 aliphatic rings. The van der Waals surface area contributed by atoms with Gasteiger partial charge in [-0.15, -0.1) is 0 Å². The summed E-state index contributed by atoms with van der Waals surface area (Å²) in [6, 6.07) is 0. The SMILES string of the molecule is C=CC1=CC(C)(/C=C\C)N=CN1. The molecule has 0 bridgehead atoms. The van der Waals surface area contributed by atoms with Gasteiger partial charge in [0.05, 0.1) is 11.9 Å². The Labute approximate surface area is 73.4 Å². The first-order chi connectivity index (χ1) is 5.70. The molecule has 1 rings (SSSR count). The molecule has 0 amide bonds. The number of rotatable bonds is 2. The molecule has 2 heteroatoms. The molecule has 12 heavy (non-hydrogen) atoms. The molecule has 1 atom stereocenters. The lowest BCUT2D eigenvalue weighted by Crippen LogP contribution is -2.26. The number of hydrogen-bond acceptors (Lipinski definition) is 2. The fourth-order valence-electron chi connectivity index (χ4n) is 1.19. The van der Waals surface area contributed by atoms with Crippen LogP contribution in [-0.4, -0.2) is 11.9 Å². The molecule has 2 nitrogen and oxygen atoms in total. The fraction of sp³-hybridized carbons (Fsp3) is 0.300. The molecule has 1 N–H and O–H groups in total. The van der Waals surface area contributed by atoms with Crippen molar-refractivity contribution < 1.29 is 0 Å². The summed E-state index contributed by atoms with van der Waals surface area (Å²) in [6.45, 7) is 7.73. The van der Waals surface area contributed by atoms with E-state index in [1.165, 1.54) is 0 Å². The minimum atomic E-state index is -0.205. The van der Waals surface area contributed by atoms with Crippen molar-refractivity contribution in [1.29, 1.82) is 0 Å². The summed E-state index contributed by atoms with van der Waals surface area (Å²) in [5.41, 5.74) is 0.800. The Morgan fingerprint density at radius 1 is 1.67 bits per heavy atom.